The second-order valence-corrected chi connectivity index (χ2v) is 37.2. The van der Waals surface area contributed by atoms with E-state index in [0.29, 0.717) is 76.7 Å². The van der Waals surface area contributed by atoms with Crippen molar-refractivity contribution in [2.75, 3.05) is 71.6 Å². The van der Waals surface area contributed by atoms with E-state index in [0.717, 1.165) is 209 Å². The number of fused-ring (bicyclic) bond motifs is 23. The Kier molecular flexibility index (Phi) is 23.3. The molecule has 0 amide bonds. The Morgan fingerprint density at radius 3 is 1.28 bits per heavy atom. The third-order valence-corrected chi connectivity index (χ3v) is 27.1. The van der Waals surface area contributed by atoms with Crippen LogP contribution in [0.1, 0.15) is 235 Å². The summed E-state index contributed by atoms with van der Waals surface area (Å²) in [7, 11) is 1.68. The largest absolute Gasteiger partial charge is 0.508 e. The number of hydrogen-bond acceptors (Lipinski definition) is 18. The summed E-state index contributed by atoms with van der Waals surface area (Å²) in [6.45, 7) is 35.1. The van der Waals surface area contributed by atoms with Gasteiger partial charge in [-0.2, -0.15) is 0 Å². The maximum absolute atomic E-state index is 15.5. The van der Waals surface area contributed by atoms with Crippen molar-refractivity contribution in [3.63, 3.8) is 0 Å². The molecule has 0 spiro atoms. The Balaban J connectivity index is 0.000000116. The molecule has 13 heterocycles. The molecular weight excluding hydrogens is 1560 g/mol. The van der Waals surface area contributed by atoms with Gasteiger partial charge in [-0.25, -0.2) is 4.39 Å². The molecule has 1 saturated heterocycles. The Morgan fingerprint density at radius 1 is 0.488 bits per heavy atom. The summed E-state index contributed by atoms with van der Waals surface area (Å²) in [5.74, 6) is 7.80. The number of halogens is 1. The number of ketones is 1. The monoisotopic (exact) mass is 1680 g/mol. The van der Waals surface area contributed by atoms with Crippen molar-refractivity contribution in [1.29, 1.82) is 0 Å². The first-order valence-electron chi connectivity index (χ1n) is 44.5. The summed E-state index contributed by atoms with van der Waals surface area (Å²) < 4.78 is 77.3. The molecule has 22 nitrogen and oxygen atoms in total. The fourth-order valence-electron chi connectivity index (χ4n) is 20.1. The number of carbonyl (C=O) groups excluding carboxylic acids is 1. The predicted octanol–water partition coefficient (Wildman–Crippen LogP) is 18.5. The molecule has 4 atom stereocenters. The number of Topliss-reactive ketones (excluding diaryl/α,β-unsaturated/α-hetero) is 1. The molecule has 1 unspecified atom stereocenters. The fourth-order valence-corrected chi connectivity index (χ4v) is 20.1. The lowest BCUT2D eigenvalue weighted by atomic mass is 9.84. The second-order valence-electron chi connectivity index (χ2n) is 37.2. The molecule has 4 aromatic carbocycles. The number of hydrogen-bond donors (Lipinski definition) is 3. The van der Waals surface area contributed by atoms with Gasteiger partial charge >= 0.3 is 0 Å². The Hall–Kier alpha value is -10.9. The van der Waals surface area contributed by atoms with Crippen LogP contribution < -0.4 is 64.6 Å². The number of pyridine rings is 4. The number of carbonyl (C=O) groups is 1. The van der Waals surface area contributed by atoms with Crippen LogP contribution >= 0.6 is 0 Å². The maximum Gasteiger partial charge on any atom is 0.228 e. The quantitative estimate of drug-likeness (QED) is 0.0289. The normalized spacial score (nSPS) is 19.2. The van der Waals surface area contributed by atoms with Crippen LogP contribution in [-0.4, -0.2) is 112 Å². The van der Waals surface area contributed by atoms with Crippen molar-refractivity contribution in [2.45, 2.75) is 214 Å². The van der Waals surface area contributed by atoms with Crippen molar-refractivity contribution in [2.24, 2.45) is 35.5 Å². The van der Waals surface area contributed by atoms with Crippen LogP contribution in [0.15, 0.2) is 106 Å². The van der Waals surface area contributed by atoms with Crippen LogP contribution in [0.4, 0.5) is 4.39 Å². The van der Waals surface area contributed by atoms with E-state index in [1.807, 2.05) is 10.6 Å². The van der Waals surface area contributed by atoms with Gasteiger partial charge in [0.2, 0.25) is 5.43 Å². The molecule has 0 bridgehead atoms. The molecule has 4 aromatic heterocycles. The van der Waals surface area contributed by atoms with Crippen LogP contribution in [-0.2, 0) is 49.7 Å². The number of methoxy groups -OCH3 is 1. The maximum atomic E-state index is 15.5. The van der Waals surface area contributed by atoms with Gasteiger partial charge in [-0.15, -0.1) is 0 Å². The lowest BCUT2D eigenvalue weighted by molar-refractivity contribution is 0.101. The van der Waals surface area contributed by atoms with E-state index in [9.17, 15) is 39.3 Å². The summed E-state index contributed by atoms with van der Waals surface area (Å²) >= 11 is 0. The molecule has 20 rings (SSSR count). The number of rotatable bonds is 24. The first kappa shape index (κ1) is 84.3. The van der Waals surface area contributed by atoms with Gasteiger partial charge in [-0.1, -0.05) is 99.8 Å². The SMILES string of the molecule is C=C(O)c1cn2c(c(F)c1=O)-c1c(cc(OCCC3CC3)c3c1CCO3)CC2C(C)C.C=C(O)c1cn2c(cc1=O)-c1c(cc(OCCC3CC3)c3c1CCO3)C[C@@H]2C(C)C.C=C(O)c1cn2c(cc1=O)-c1c(cc(OCCCOC)c3c1CCO3)C[C@@H]2C(C)C.CC(=O)c1cn2c(cc1=O)-c1c(cc(OCCC3CC3)c3c1CCO3)[C@H]1CCC(C)(C)N12. The lowest BCUT2D eigenvalue weighted by Gasteiger charge is -2.45. The summed E-state index contributed by atoms with van der Waals surface area (Å²) in [5, 5.41) is 32.0. The number of nitrogens with zero attached hydrogens (tertiary/aromatic N) is 5. The van der Waals surface area contributed by atoms with Crippen LogP contribution in [0.5, 0.6) is 46.0 Å². The molecule has 23 heteroatoms. The van der Waals surface area contributed by atoms with Gasteiger partial charge in [0.15, 0.2) is 73.9 Å². The van der Waals surface area contributed by atoms with Crippen molar-refractivity contribution in [3.8, 4) is 91.0 Å². The molecule has 8 aromatic rings. The third kappa shape index (κ3) is 16.1. The number of benzene rings is 4. The first-order chi connectivity index (χ1) is 59.1. The standard InChI is InChI=1S/C26H30N2O4.C25H28FNO4.C25H29NO4.C24H29NO5/c1-15(29)19-14-27-21(13-22(19)30)24-17-8-11-32-25(17)23(31-10-7-16-4-5-16)12-18(24)20-6-9-26(2,3)28(20)27;1-13(2)19-10-16-11-20(30-8-6-15-4-5-15)25-17(7-9-31-25)21(16)23-22(26)24(29)18(14(3)28)12-27(19)23;1-14(2)20-10-17-11-23(29-8-6-16-4-5-16)25-18(7-9-30-25)24(17)21-12-22(28)19(15(3)27)13-26(20)21;1-14(2)19-10-16-11-22(29-8-5-7-28-4)24-17(6-9-30-24)23(16)20-12-21(27)18(15(3)26)13-25(19)20/h12-14,16,20H,4-11H2,1-3H3;11-13,15,19,28H,3-10H2,1-2H3;11-14,16,20,27H,3-10H2,1-2H3;11-14,19,26H,3,5-10H2,1-2,4H3/t20-;;20-;19-/m1.11/s1. The minimum Gasteiger partial charge on any atom is -0.508 e. The molecule has 3 aliphatic carbocycles. The molecule has 12 aliphatic rings. The zero-order valence-corrected chi connectivity index (χ0v) is 72.7. The van der Waals surface area contributed by atoms with E-state index in [2.05, 4.69) is 112 Å². The van der Waals surface area contributed by atoms with Crippen molar-refractivity contribution >= 4 is 23.1 Å². The zero-order chi connectivity index (χ0) is 86.5. The molecule has 0 radical (unpaired) electrons. The van der Waals surface area contributed by atoms with Crippen LogP contribution in [0.2, 0.25) is 0 Å². The van der Waals surface area contributed by atoms with Crippen LogP contribution in [0.3, 0.4) is 0 Å². The predicted molar refractivity (Wildman–Crippen MR) is 474 cm³/mol. The van der Waals surface area contributed by atoms with Gasteiger partial charge < -0.3 is 71.7 Å². The van der Waals surface area contributed by atoms with E-state index >= 15 is 4.39 Å². The van der Waals surface area contributed by atoms with Crippen LogP contribution in [0, 0.1) is 41.3 Å². The van der Waals surface area contributed by atoms with Gasteiger partial charge in [0.1, 0.15) is 17.3 Å². The Morgan fingerprint density at radius 2 is 0.870 bits per heavy atom. The van der Waals surface area contributed by atoms with E-state index < -0.39 is 17.0 Å². The third-order valence-electron chi connectivity index (χ3n) is 27.1. The molecule has 3 saturated carbocycles. The number of aromatic nitrogens is 4. The van der Waals surface area contributed by atoms with Gasteiger partial charge in [0.05, 0.1) is 109 Å². The zero-order valence-electron chi connectivity index (χ0n) is 72.7. The van der Waals surface area contributed by atoms with Gasteiger partial charge in [-0.05, 0) is 154 Å². The Bertz CT molecular complexity index is 5850. The average molecular weight is 1680 g/mol. The summed E-state index contributed by atoms with van der Waals surface area (Å²) in [4.78, 5) is 63.1. The Labute approximate surface area is 717 Å². The highest BCUT2D eigenvalue weighted by atomic mass is 19.1. The molecular formula is C100H116FN5O17. The van der Waals surface area contributed by atoms with Gasteiger partial charge in [0, 0.05) is 151 Å². The van der Waals surface area contributed by atoms with E-state index in [1.165, 1.54) is 62.1 Å². The molecule has 9 aliphatic heterocycles. The number of ether oxygens (including phenoxy) is 9. The highest BCUT2D eigenvalue weighted by molar-refractivity contribution is 5.94. The van der Waals surface area contributed by atoms with E-state index in [1.54, 1.807) is 50.1 Å². The summed E-state index contributed by atoms with van der Waals surface area (Å²) in [6, 6.07) is 13.7. The van der Waals surface area contributed by atoms with Crippen LogP contribution in [0.25, 0.3) is 62.3 Å². The second kappa shape index (κ2) is 34.0. The highest BCUT2D eigenvalue weighted by Gasteiger charge is 2.48. The molecule has 4 fully saturated rings. The number of aliphatic hydroxyl groups excluding tert-OH is 3. The lowest BCUT2D eigenvalue weighted by Crippen LogP contribution is -2.50. The van der Waals surface area contributed by atoms with Crippen molar-refractivity contribution in [3.05, 3.63) is 200 Å². The summed E-state index contributed by atoms with van der Waals surface area (Å²) in [5.41, 5.74) is 14.9. The van der Waals surface area contributed by atoms with E-state index in [4.69, 9.17) is 42.6 Å². The first-order valence-corrected chi connectivity index (χ1v) is 44.5. The fraction of sp³-hybridized carbons (Fsp3) is 0.490. The van der Waals surface area contributed by atoms with Crippen molar-refractivity contribution in [1.82, 2.24) is 18.4 Å². The highest BCUT2D eigenvalue weighted by Crippen LogP contribution is 2.57. The summed E-state index contributed by atoms with van der Waals surface area (Å²) in [6.07, 6.45) is 26.2. The topological polar surface area (TPSA) is 252 Å². The minimum absolute atomic E-state index is 0.0598. The molecule has 3 N–H and O–H groups in total. The average Bonchev–Trinajstić information content (AvgIpc) is 1.60. The number of aliphatic hydroxyl groups is 3. The smallest absolute Gasteiger partial charge is 0.228 e. The van der Waals surface area contributed by atoms with E-state index in [-0.39, 0.29) is 97.2 Å². The van der Waals surface area contributed by atoms with Gasteiger partial charge in [0.25, 0.3) is 0 Å². The molecule has 650 valence electrons. The molecule has 123 heavy (non-hydrogen) atoms. The van der Waals surface area contributed by atoms with Crippen molar-refractivity contribution < 1.29 is 67.1 Å². The van der Waals surface area contributed by atoms with Gasteiger partial charge in [-0.3, -0.25) is 33.7 Å². The minimum atomic E-state index is -0.851.